The lowest BCUT2D eigenvalue weighted by molar-refractivity contribution is -0.128. The van der Waals surface area contributed by atoms with Gasteiger partial charge in [-0.05, 0) is 50.2 Å². The molecule has 1 aromatic heterocycles. The number of rotatable bonds is 10. The second-order valence-corrected chi connectivity index (χ2v) is 11.4. The number of hydrogen-bond acceptors (Lipinski definition) is 7. The highest BCUT2D eigenvalue weighted by Gasteiger charge is 2.65. The van der Waals surface area contributed by atoms with Gasteiger partial charge in [-0.3, -0.25) is 14.3 Å². The molecule has 190 valence electrons. The van der Waals surface area contributed by atoms with Crippen LogP contribution in [0, 0.1) is 16.7 Å². The Bertz CT molecular complexity index is 1220. The number of furan rings is 1. The van der Waals surface area contributed by atoms with E-state index in [1.54, 1.807) is 19.9 Å². The first-order valence-corrected chi connectivity index (χ1v) is 13.5. The third-order valence-corrected chi connectivity index (χ3v) is 8.92. The molecular formula is C25H32N2O7S. The van der Waals surface area contributed by atoms with Gasteiger partial charge in [-0.25, -0.2) is 8.42 Å². The van der Waals surface area contributed by atoms with Crippen LogP contribution in [-0.4, -0.2) is 39.1 Å². The van der Waals surface area contributed by atoms with Crippen LogP contribution < -0.4 is 19.5 Å². The second kappa shape index (κ2) is 9.22. The average molecular weight is 505 g/mol. The highest BCUT2D eigenvalue weighted by atomic mass is 32.2. The van der Waals surface area contributed by atoms with Gasteiger partial charge in [0.25, 0.3) is 5.91 Å². The van der Waals surface area contributed by atoms with E-state index in [9.17, 15) is 18.0 Å². The Morgan fingerprint density at radius 1 is 1.14 bits per heavy atom. The van der Waals surface area contributed by atoms with Gasteiger partial charge in [-0.15, -0.1) is 0 Å². The molecule has 2 saturated carbocycles. The maximum absolute atomic E-state index is 13.4. The Morgan fingerprint density at radius 2 is 1.80 bits per heavy atom. The van der Waals surface area contributed by atoms with Gasteiger partial charge in [0, 0.05) is 18.6 Å². The summed E-state index contributed by atoms with van der Waals surface area (Å²) in [4.78, 5) is 25.4. The zero-order valence-corrected chi connectivity index (χ0v) is 21.3. The Kier molecular flexibility index (Phi) is 6.61. The molecule has 0 aliphatic heterocycles. The average Bonchev–Trinajstić information content (AvgIpc) is 3.44. The number of fused-ring (bicyclic) bond motifs is 2. The molecule has 2 aromatic rings. The summed E-state index contributed by atoms with van der Waals surface area (Å²) < 4.78 is 45.9. The smallest absolute Gasteiger partial charge is 0.291 e. The van der Waals surface area contributed by atoms with Crippen molar-refractivity contribution in [3.8, 4) is 11.5 Å². The molecule has 2 aliphatic rings. The summed E-state index contributed by atoms with van der Waals surface area (Å²) in [6.45, 7) is 8.11. The van der Waals surface area contributed by atoms with E-state index in [1.165, 1.54) is 24.5 Å². The Hall–Kier alpha value is -3.01. The third kappa shape index (κ3) is 4.51. The Labute approximate surface area is 205 Å². The van der Waals surface area contributed by atoms with E-state index in [-0.39, 0.29) is 59.0 Å². The van der Waals surface area contributed by atoms with Crippen LogP contribution in [0.25, 0.3) is 0 Å². The topological polar surface area (TPSA) is 124 Å². The molecule has 2 bridgehead atoms. The van der Waals surface area contributed by atoms with Crippen LogP contribution in [0.3, 0.4) is 0 Å². The van der Waals surface area contributed by atoms with E-state index in [1.807, 2.05) is 13.8 Å². The molecule has 2 N–H and O–H groups in total. The van der Waals surface area contributed by atoms with Crippen molar-refractivity contribution in [2.75, 3.05) is 29.0 Å². The maximum Gasteiger partial charge on any atom is 0.291 e. The van der Waals surface area contributed by atoms with Crippen molar-refractivity contribution in [1.82, 2.24) is 0 Å². The molecule has 1 heterocycles. The van der Waals surface area contributed by atoms with Gasteiger partial charge in [0.1, 0.15) is 17.3 Å². The standard InChI is InChI=1S/C25H32N2O7S/c1-5-32-20-14-18(21(33-6-2)13-17(20)26-23(29)19-8-7-11-34-19)27-35(30,31)15-25-10-9-16(12-22(25)28)24(25,3)4/h7-8,11,13-14,16,27H,5-6,9-10,12,15H2,1-4H3,(H,26,29)/t16-,25+/m1/s1. The number of carbonyl (C=O) groups is 2. The van der Waals surface area contributed by atoms with Crippen molar-refractivity contribution in [1.29, 1.82) is 0 Å². The summed E-state index contributed by atoms with van der Waals surface area (Å²) in [7, 11) is -3.92. The SMILES string of the molecule is CCOc1cc(NS(=O)(=O)C[C@@]23CC[C@H](CC2=O)C3(C)C)c(OCC)cc1NC(=O)c1ccco1. The van der Waals surface area contributed by atoms with Gasteiger partial charge in [0.2, 0.25) is 10.0 Å². The minimum absolute atomic E-state index is 0.0279. The lowest BCUT2D eigenvalue weighted by atomic mass is 9.70. The number of carbonyl (C=O) groups excluding carboxylic acids is 2. The minimum atomic E-state index is -3.92. The fourth-order valence-electron chi connectivity index (χ4n) is 5.52. The van der Waals surface area contributed by atoms with Gasteiger partial charge in [0.05, 0.1) is 42.0 Å². The predicted molar refractivity (Wildman–Crippen MR) is 131 cm³/mol. The molecule has 2 aliphatic carbocycles. The fraction of sp³-hybridized carbons (Fsp3) is 0.520. The van der Waals surface area contributed by atoms with Crippen molar-refractivity contribution in [3.05, 3.63) is 36.3 Å². The highest BCUT2D eigenvalue weighted by molar-refractivity contribution is 7.92. The van der Waals surface area contributed by atoms with E-state index in [4.69, 9.17) is 13.9 Å². The predicted octanol–water partition coefficient (Wildman–Crippen LogP) is 4.47. The lowest BCUT2D eigenvalue weighted by Gasteiger charge is -2.36. The molecule has 0 radical (unpaired) electrons. The first-order chi connectivity index (χ1) is 16.5. The molecule has 9 nitrogen and oxygen atoms in total. The number of anilines is 2. The quantitative estimate of drug-likeness (QED) is 0.489. The van der Waals surface area contributed by atoms with E-state index in [2.05, 4.69) is 10.0 Å². The van der Waals surface area contributed by atoms with E-state index >= 15 is 0 Å². The van der Waals surface area contributed by atoms with Crippen molar-refractivity contribution in [2.45, 2.75) is 47.0 Å². The number of nitrogens with one attached hydrogen (secondary N) is 2. The van der Waals surface area contributed by atoms with Gasteiger partial charge in [-0.2, -0.15) is 0 Å². The van der Waals surface area contributed by atoms with Crippen LogP contribution in [0.4, 0.5) is 11.4 Å². The molecule has 1 amide bonds. The lowest BCUT2D eigenvalue weighted by Crippen LogP contribution is -2.43. The first kappa shape index (κ1) is 25.1. The van der Waals surface area contributed by atoms with Crippen molar-refractivity contribution in [2.24, 2.45) is 16.7 Å². The highest BCUT2D eigenvalue weighted by Crippen LogP contribution is 2.64. The molecule has 2 atom stereocenters. The largest absolute Gasteiger partial charge is 0.492 e. The van der Waals surface area contributed by atoms with Gasteiger partial charge in [-0.1, -0.05) is 13.8 Å². The number of ketones is 1. The van der Waals surface area contributed by atoms with Crippen LogP contribution >= 0.6 is 0 Å². The number of ether oxygens (including phenoxy) is 2. The minimum Gasteiger partial charge on any atom is -0.492 e. The summed E-state index contributed by atoms with van der Waals surface area (Å²) >= 11 is 0. The third-order valence-electron chi connectivity index (χ3n) is 7.52. The molecule has 0 unspecified atom stereocenters. The molecular weight excluding hydrogens is 472 g/mol. The molecule has 35 heavy (non-hydrogen) atoms. The molecule has 10 heteroatoms. The van der Waals surface area contributed by atoms with E-state index in [0.717, 1.165) is 6.42 Å². The molecule has 0 spiro atoms. The summed E-state index contributed by atoms with van der Waals surface area (Å²) in [6, 6.07) is 6.13. The second-order valence-electron chi connectivity index (χ2n) is 9.67. The summed E-state index contributed by atoms with van der Waals surface area (Å²) in [5.41, 5.74) is -0.781. The van der Waals surface area contributed by atoms with Crippen molar-refractivity contribution < 1.29 is 31.9 Å². The number of Topliss-reactive ketones (excluding diaryl/α,β-unsaturated/α-hetero) is 1. The molecule has 2 fully saturated rings. The first-order valence-electron chi connectivity index (χ1n) is 11.8. The van der Waals surface area contributed by atoms with Crippen molar-refractivity contribution >= 4 is 33.1 Å². The molecule has 4 rings (SSSR count). The number of hydrogen-bond donors (Lipinski definition) is 2. The van der Waals surface area contributed by atoms with Gasteiger partial charge in [0.15, 0.2) is 5.76 Å². The summed E-state index contributed by atoms with van der Waals surface area (Å²) in [6.07, 6.45) is 3.26. The Balaban J connectivity index is 1.65. The van der Waals surface area contributed by atoms with E-state index < -0.39 is 21.3 Å². The van der Waals surface area contributed by atoms with Gasteiger partial charge >= 0.3 is 0 Å². The normalized spacial score (nSPS) is 22.7. The summed E-state index contributed by atoms with van der Waals surface area (Å²) in [5.74, 6) is 0.0928. The van der Waals surface area contributed by atoms with Crippen molar-refractivity contribution in [3.63, 3.8) is 0 Å². The van der Waals surface area contributed by atoms with Crippen LogP contribution in [0.5, 0.6) is 11.5 Å². The maximum atomic E-state index is 13.4. The molecule has 1 aromatic carbocycles. The van der Waals surface area contributed by atoms with Crippen LogP contribution in [-0.2, 0) is 14.8 Å². The monoisotopic (exact) mass is 504 g/mol. The number of sulfonamides is 1. The van der Waals surface area contributed by atoms with Crippen LogP contribution in [0.2, 0.25) is 0 Å². The zero-order valence-electron chi connectivity index (χ0n) is 20.5. The Morgan fingerprint density at radius 3 is 2.34 bits per heavy atom. The van der Waals surface area contributed by atoms with E-state index in [0.29, 0.717) is 18.5 Å². The fourth-order valence-corrected chi connectivity index (χ4v) is 7.41. The zero-order chi connectivity index (χ0) is 25.4. The van der Waals surface area contributed by atoms with Crippen LogP contribution in [0.1, 0.15) is 57.5 Å². The number of amides is 1. The van der Waals surface area contributed by atoms with Gasteiger partial charge < -0.3 is 19.2 Å². The van der Waals surface area contributed by atoms with Crippen LogP contribution in [0.15, 0.2) is 34.9 Å². The number of benzene rings is 1. The molecule has 0 saturated heterocycles. The summed E-state index contributed by atoms with van der Waals surface area (Å²) in [5, 5.41) is 2.72.